The first-order valence-electron chi connectivity index (χ1n) is 14.3. The maximum Gasteiger partial charge on any atom is 0.261 e. The van der Waals surface area contributed by atoms with Gasteiger partial charge in [0.05, 0.1) is 6.61 Å². The van der Waals surface area contributed by atoms with Crippen molar-refractivity contribution >= 4 is 39.8 Å². The van der Waals surface area contributed by atoms with Crippen LogP contribution in [0, 0.1) is 0 Å². The molecule has 39 heavy (non-hydrogen) atoms. The smallest absolute Gasteiger partial charge is 0.261 e. The predicted molar refractivity (Wildman–Crippen MR) is 162 cm³/mol. The number of methoxy groups -OCH3 is 1. The van der Waals surface area contributed by atoms with Gasteiger partial charge in [0.1, 0.15) is 24.4 Å². The second-order valence-corrected chi connectivity index (χ2v) is 19.8. The second kappa shape index (κ2) is 17.2. The van der Waals surface area contributed by atoms with Crippen molar-refractivity contribution < 1.29 is 29.2 Å². The van der Waals surface area contributed by atoms with Gasteiger partial charge in [-0.1, -0.05) is 81.4 Å². The van der Waals surface area contributed by atoms with Crippen LogP contribution in [0.2, 0.25) is 13.9 Å². The van der Waals surface area contributed by atoms with Crippen molar-refractivity contribution in [2.24, 2.45) is 0 Å². The maximum atomic E-state index is 10.5. The average Bonchev–Trinajstić information content (AvgIpc) is 2.94. The van der Waals surface area contributed by atoms with Gasteiger partial charge in [0.2, 0.25) is 0 Å². The number of hydrogen-bond acceptors (Lipinski definition) is 6. The van der Waals surface area contributed by atoms with Crippen LogP contribution in [-0.2, 0) is 13.9 Å². The van der Waals surface area contributed by atoms with E-state index in [2.05, 4.69) is 58.9 Å². The zero-order valence-electron chi connectivity index (χ0n) is 24.7. The van der Waals surface area contributed by atoms with E-state index < -0.39 is 39.0 Å². The summed E-state index contributed by atoms with van der Waals surface area (Å²) >= 11 is 0.149. The molecular formula is C31H50O6SiSn. The molecule has 1 fully saturated rings. The summed E-state index contributed by atoms with van der Waals surface area (Å²) in [6.07, 6.45) is -0.0209. The normalized spacial score (nSPS) is 23.7. The molecule has 6 nitrogen and oxygen atoms in total. The van der Waals surface area contributed by atoms with Crippen LogP contribution in [0.5, 0.6) is 0 Å². The molecule has 0 unspecified atom stereocenters. The van der Waals surface area contributed by atoms with Crippen LogP contribution in [0.3, 0.4) is 0 Å². The van der Waals surface area contributed by atoms with Gasteiger partial charge in [0.25, 0.3) is 8.32 Å². The minimum Gasteiger partial charge on any atom is -0.405 e. The van der Waals surface area contributed by atoms with Crippen LogP contribution in [0.4, 0.5) is 0 Å². The Morgan fingerprint density at radius 1 is 0.795 bits per heavy atom. The molecule has 3 rings (SSSR count). The van der Waals surface area contributed by atoms with Gasteiger partial charge in [-0.05, 0) is 15.4 Å². The molecule has 0 saturated carbocycles. The zero-order chi connectivity index (χ0) is 28.9. The van der Waals surface area contributed by atoms with Crippen LogP contribution >= 0.6 is 0 Å². The van der Waals surface area contributed by atoms with Gasteiger partial charge in [0.15, 0.2) is 6.29 Å². The van der Waals surface area contributed by atoms with Crippen molar-refractivity contribution in [3.63, 3.8) is 0 Å². The maximum absolute atomic E-state index is 10.5. The van der Waals surface area contributed by atoms with Crippen molar-refractivity contribution in [1.82, 2.24) is 0 Å². The van der Waals surface area contributed by atoms with E-state index in [4.69, 9.17) is 13.9 Å². The molecule has 1 heterocycles. The van der Waals surface area contributed by atoms with Gasteiger partial charge in [-0.15, -0.1) is 0 Å². The van der Waals surface area contributed by atoms with E-state index in [-0.39, 0.29) is 32.8 Å². The predicted octanol–water partition coefficient (Wildman–Crippen LogP) is 4.14. The molecule has 5 atom stereocenters. The molecule has 2 aromatic rings. The topological polar surface area (TPSA) is 88.4 Å². The van der Waals surface area contributed by atoms with Gasteiger partial charge in [-0.2, -0.15) is 0 Å². The van der Waals surface area contributed by atoms with Crippen LogP contribution in [0.25, 0.3) is 0 Å². The third-order valence-electron chi connectivity index (χ3n) is 7.20. The molecule has 3 N–H and O–H groups in total. The van der Waals surface area contributed by atoms with E-state index in [1.807, 2.05) is 36.4 Å². The average molecular weight is 666 g/mol. The van der Waals surface area contributed by atoms with Crippen molar-refractivity contribution in [3.8, 4) is 0 Å². The minimum absolute atomic E-state index is 0.0537. The van der Waals surface area contributed by atoms with E-state index in [1.54, 1.807) is 8.87 Å². The summed E-state index contributed by atoms with van der Waals surface area (Å²) in [6.45, 7) is 11.1. The number of unbranched alkanes of at least 4 members (excludes halogenated alkanes) is 2. The Bertz CT molecular complexity index is 863. The minimum atomic E-state index is -2.81. The Morgan fingerprint density at radius 2 is 1.28 bits per heavy atom. The molecule has 8 heteroatoms. The van der Waals surface area contributed by atoms with Crippen LogP contribution in [0.1, 0.15) is 60.3 Å². The number of rotatable bonds is 12. The first-order chi connectivity index (χ1) is 18.6. The van der Waals surface area contributed by atoms with Crippen molar-refractivity contribution in [1.29, 1.82) is 0 Å². The van der Waals surface area contributed by atoms with Gasteiger partial charge in [0, 0.05) is 7.11 Å². The van der Waals surface area contributed by atoms with Gasteiger partial charge in [-0.3, -0.25) is 0 Å². The largest absolute Gasteiger partial charge is 0.405 e. The fourth-order valence-corrected chi connectivity index (χ4v) is 13.7. The zero-order valence-corrected chi connectivity index (χ0v) is 28.5. The van der Waals surface area contributed by atoms with Gasteiger partial charge in [-0.25, -0.2) is 0 Å². The molecule has 0 bridgehead atoms. The summed E-state index contributed by atoms with van der Waals surface area (Å²) in [6, 6.07) is 20.3. The molecule has 0 spiro atoms. The summed E-state index contributed by atoms with van der Waals surface area (Å²) in [5.41, 5.74) is 0. The first kappa shape index (κ1) is 34.4. The number of ether oxygens (including phenoxy) is 2. The van der Waals surface area contributed by atoms with E-state index in [0.717, 1.165) is 10.4 Å². The summed E-state index contributed by atoms with van der Waals surface area (Å²) in [4.78, 5) is 0. The number of aliphatic hydroxyl groups is 3. The van der Waals surface area contributed by atoms with Crippen molar-refractivity contribution in [2.45, 2.75) is 105 Å². The van der Waals surface area contributed by atoms with E-state index in [1.165, 1.54) is 32.8 Å². The quantitative estimate of drug-likeness (QED) is 0.234. The van der Waals surface area contributed by atoms with Crippen LogP contribution in [-0.4, -0.2) is 89.2 Å². The van der Waals surface area contributed by atoms with Crippen molar-refractivity contribution in [3.05, 3.63) is 60.7 Å². The third kappa shape index (κ3) is 9.36. The monoisotopic (exact) mass is 666 g/mol. The molecular weight excluding hydrogens is 615 g/mol. The van der Waals surface area contributed by atoms with E-state index in [0.29, 0.717) is 0 Å². The summed E-state index contributed by atoms with van der Waals surface area (Å²) in [5.74, 6) is 0. The van der Waals surface area contributed by atoms with E-state index >= 15 is 0 Å². The molecule has 1 saturated heterocycles. The molecule has 2 radical (unpaired) electrons. The molecule has 0 aromatic heterocycles. The fraction of sp³-hybridized carbons (Fsp3) is 0.613. The first-order valence-corrected chi connectivity index (χ1v) is 20.3. The Morgan fingerprint density at radius 3 is 1.69 bits per heavy atom. The second-order valence-electron chi connectivity index (χ2n) is 11.2. The summed E-state index contributed by atoms with van der Waals surface area (Å²) < 4.78 is 20.9. The van der Waals surface area contributed by atoms with Crippen LogP contribution in [0.15, 0.2) is 60.7 Å². The fourth-order valence-electron chi connectivity index (χ4n) is 4.95. The van der Waals surface area contributed by atoms with E-state index in [9.17, 15) is 15.3 Å². The Balaban J connectivity index is 0.000000510. The number of hydrogen-bond donors (Lipinski definition) is 3. The molecule has 218 valence electrons. The SMILES string of the molecule is CCC[CH2][Sn][CH2]CCC.CO[C@H]1O[C@H](CO[Si](c2ccccc2)(c2ccccc2)C(C)(C)C)[C@@H](O)[C@H](O)[C@H]1O. The summed E-state index contributed by atoms with van der Waals surface area (Å²) in [5, 5.41) is 32.8. The van der Waals surface area contributed by atoms with Crippen LogP contribution < -0.4 is 10.4 Å². The molecule has 2 aromatic carbocycles. The van der Waals surface area contributed by atoms with Gasteiger partial charge < -0.3 is 29.2 Å². The number of aliphatic hydroxyl groups excluding tert-OH is 3. The number of benzene rings is 2. The Kier molecular flexibility index (Phi) is 15.2. The third-order valence-corrected chi connectivity index (χ3v) is 16.2. The molecule has 1 aliphatic heterocycles. The molecule has 0 amide bonds. The standard InChI is InChI=1S/C23H32O6Si.2C4H9.Sn/c1-23(2,3)30(16-11-7-5-8-12-16,17-13-9-6-10-14-17)28-15-18-19(24)20(25)21(26)22(27-4)29-18;2*1-3-4-2;/h5-14,18-22,24-26H,15H2,1-4H3;2*1,3-4H2,2H3;/t18-,19-,20+,21-,22+;;;/m1.../s1. The Hall–Kier alpha value is -0.784. The van der Waals surface area contributed by atoms with Gasteiger partial charge >= 0.3 is 69.5 Å². The molecule has 1 aliphatic rings. The molecule has 0 aliphatic carbocycles. The summed E-state index contributed by atoms with van der Waals surface area (Å²) in [7, 11) is -1.42. The van der Waals surface area contributed by atoms with Crippen molar-refractivity contribution in [2.75, 3.05) is 13.7 Å². The Labute approximate surface area is 247 Å².